The molecule has 0 aliphatic heterocycles. The highest BCUT2D eigenvalue weighted by Gasteiger charge is 2.47. The molecule has 23 heavy (non-hydrogen) atoms. The van der Waals surface area contributed by atoms with Crippen molar-refractivity contribution >= 4 is 23.2 Å². The molecule has 0 saturated heterocycles. The second-order valence-corrected chi connectivity index (χ2v) is 6.70. The van der Waals surface area contributed by atoms with Gasteiger partial charge in [0.05, 0.1) is 16.9 Å². The van der Waals surface area contributed by atoms with E-state index < -0.39 is 5.82 Å². The number of nitrogens with zero attached hydrogens (tertiary/aromatic N) is 3. The van der Waals surface area contributed by atoms with Crippen LogP contribution in [0.4, 0.5) is 10.1 Å². The van der Waals surface area contributed by atoms with Gasteiger partial charge in [0, 0.05) is 25.2 Å². The highest BCUT2D eigenvalue weighted by atomic mass is 35.5. The molecule has 1 aliphatic carbocycles. The average Bonchev–Trinajstić information content (AvgIpc) is 3.16. The van der Waals surface area contributed by atoms with Crippen molar-refractivity contribution in [3.8, 4) is 0 Å². The molecular weight excluding hydrogens is 317 g/mol. The average molecular weight is 336 g/mol. The summed E-state index contributed by atoms with van der Waals surface area (Å²) in [6.45, 7) is 3.86. The van der Waals surface area contributed by atoms with E-state index in [2.05, 4.69) is 5.10 Å². The predicted octanol–water partition coefficient (Wildman–Crippen LogP) is 3.76. The number of aromatic nitrogens is 2. The Bertz CT molecular complexity index is 743. The number of halogens is 2. The molecule has 2 aromatic rings. The molecule has 1 fully saturated rings. The fourth-order valence-electron chi connectivity index (χ4n) is 2.97. The first-order chi connectivity index (χ1) is 10.9. The molecular formula is C17H19ClFN3O. The zero-order valence-corrected chi connectivity index (χ0v) is 14.1. The Balaban J connectivity index is 1.83. The van der Waals surface area contributed by atoms with Gasteiger partial charge in [0.1, 0.15) is 5.82 Å². The minimum Gasteiger partial charge on any atom is -0.308 e. The van der Waals surface area contributed by atoms with Crippen LogP contribution in [-0.4, -0.2) is 21.7 Å². The van der Waals surface area contributed by atoms with Crippen molar-refractivity contribution < 1.29 is 9.18 Å². The Labute approximate surface area is 139 Å². The molecule has 1 aliphatic rings. The van der Waals surface area contributed by atoms with Gasteiger partial charge < -0.3 is 4.90 Å². The van der Waals surface area contributed by atoms with Crippen molar-refractivity contribution in [3.05, 3.63) is 47.0 Å². The number of carbonyl (C=O) groups excluding carboxylic acids is 1. The van der Waals surface area contributed by atoms with Gasteiger partial charge in [-0.05, 0) is 49.9 Å². The van der Waals surface area contributed by atoms with E-state index in [0.717, 1.165) is 12.0 Å². The molecule has 1 aromatic carbocycles. The molecule has 2 atom stereocenters. The minimum atomic E-state index is -0.408. The van der Waals surface area contributed by atoms with Gasteiger partial charge in [0.2, 0.25) is 5.91 Å². The Morgan fingerprint density at radius 3 is 2.78 bits per heavy atom. The molecule has 1 aromatic heterocycles. The largest absolute Gasteiger partial charge is 0.308 e. The number of carbonyl (C=O) groups is 1. The third-order valence-corrected chi connectivity index (χ3v) is 4.49. The molecule has 6 heteroatoms. The van der Waals surface area contributed by atoms with Crippen LogP contribution < -0.4 is 4.90 Å². The summed E-state index contributed by atoms with van der Waals surface area (Å²) >= 11 is 6.15. The Morgan fingerprint density at radius 1 is 1.48 bits per heavy atom. The molecule has 0 bridgehead atoms. The van der Waals surface area contributed by atoms with Crippen LogP contribution in [0.3, 0.4) is 0 Å². The lowest BCUT2D eigenvalue weighted by molar-refractivity contribution is -0.120. The van der Waals surface area contributed by atoms with Gasteiger partial charge in [-0.25, -0.2) is 4.39 Å². The summed E-state index contributed by atoms with van der Waals surface area (Å²) in [7, 11) is 1.86. The summed E-state index contributed by atoms with van der Waals surface area (Å²) in [5.74, 6) is -0.240. The van der Waals surface area contributed by atoms with E-state index in [1.165, 1.54) is 12.1 Å². The lowest BCUT2D eigenvalue weighted by Gasteiger charge is -2.28. The summed E-state index contributed by atoms with van der Waals surface area (Å²) < 4.78 is 15.0. The first-order valence-electron chi connectivity index (χ1n) is 7.65. The smallest absolute Gasteiger partial charge is 0.231 e. The third-order valence-electron chi connectivity index (χ3n) is 4.18. The summed E-state index contributed by atoms with van der Waals surface area (Å²) in [6, 6.07) is 4.08. The Hall–Kier alpha value is -1.88. The number of hydrogen-bond donors (Lipinski definition) is 0. The number of anilines is 1. The van der Waals surface area contributed by atoms with Crippen molar-refractivity contribution in [1.29, 1.82) is 0 Å². The van der Waals surface area contributed by atoms with Crippen LogP contribution >= 0.6 is 11.6 Å². The molecule has 0 spiro atoms. The van der Waals surface area contributed by atoms with Gasteiger partial charge in [0.15, 0.2) is 0 Å². The van der Waals surface area contributed by atoms with Crippen LogP contribution in [0.2, 0.25) is 5.02 Å². The van der Waals surface area contributed by atoms with Gasteiger partial charge in [-0.3, -0.25) is 9.48 Å². The summed E-state index contributed by atoms with van der Waals surface area (Å²) in [5, 5.41) is 4.42. The molecule has 3 rings (SSSR count). The maximum absolute atomic E-state index is 13.3. The van der Waals surface area contributed by atoms with Gasteiger partial charge in [-0.2, -0.15) is 5.10 Å². The van der Waals surface area contributed by atoms with E-state index in [-0.39, 0.29) is 28.8 Å². The summed E-state index contributed by atoms with van der Waals surface area (Å²) in [6.07, 6.45) is 4.57. The van der Waals surface area contributed by atoms with Crippen LogP contribution in [0.1, 0.15) is 31.7 Å². The van der Waals surface area contributed by atoms with Crippen molar-refractivity contribution in [3.63, 3.8) is 0 Å². The fraction of sp³-hybridized carbons (Fsp3) is 0.412. The second kappa shape index (κ2) is 5.96. The van der Waals surface area contributed by atoms with Crippen molar-refractivity contribution in [1.82, 2.24) is 9.78 Å². The van der Waals surface area contributed by atoms with E-state index in [1.54, 1.807) is 15.6 Å². The summed E-state index contributed by atoms with van der Waals surface area (Å²) in [4.78, 5) is 14.6. The van der Waals surface area contributed by atoms with Gasteiger partial charge >= 0.3 is 0 Å². The van der Waals surface area contributed by atoms with Crippen LogP contribution in [0.25, 0.3) is 0 Å². The molecule has 4 nitrogen and oxygen atoms in total. The van der Waals surface area contributed by atoms with Crippen LogP contribution in [0.15, 0.2) is 30.6 Å². The minimum absolute atomic E-state index is 0.0300. The van der Waals surface area contributed by atoms with Crippen LogP contribution in [-0.2, 0) is 11.8 Å². The van der Waals surface area contributed by atoms with Crippen molar-refractivity contribution in [2.75, 3.05) is 4.90 Å². The van der Waals surface area contributed by atoms with Crippen molar-refractivity contribution in [2.24, 2.45) is 13.0 Å². The predicted molar refractivity (Wildman–Crippen MR) is 88.1 cm³/mol. The van der Waals surface area contributed by atoms with E-state index >= 15 is 0 Å². The van der Waals surface area contributed by atoms with E-state index in [1.807, 2.05) is 33.3 Å². The van der Waals surface area contributed by atoms with E-state index in [4.69, 9.17) is 11.6 Å². The first kappa shape index (κ1) is 16.0. The van der Waals surface area contributed by atoms with Crippen LogP contribution in [0, 0.1) is 11.7 Å². The molecule has 1 heterocycles. The Morgan fingerprint density at radius 2 is 2.22 bits per heavy atom. The molecule has 0 radical (unpaired) electrons. The monoisotopic (exact) mass is 335 g/mol. The highest BCUT2D eigenvalue weighted by Crippen LogP contribution is 2.49. The molecule has 0 N–H and O–H groups in total. The van der Waals surface area contributed by atoms with Gasteiger partial charge in [0.25, 0.3) is 0 Å². The quantitative estimate of drug-likeness (QED) is 0.853. The SMILES string of the molecule is CC(C)N(C(=O)[C@@H]1C[C@H]1c1cnn(C)c1)c1ccc(F)cc1Cl. The maximum Gasteiger partial charge on any atom is 0.231 e. The number of aryl methyl sites for hydroxylation is 1. The van der Waals surface area contributed by atoms with Gasteiger partial charge in [-0.1, -0.05) is 11.6 Å². The zero-order valence-electron chi connectivity index (χ0n) is 13.3. The van der Waals surface area contributed by atoms with E-state index in [0.29, 0.717) is 5.69 Å². The zero-order chi connectivity index (χ0) is 16.7. The fourth-order valence-corrected chi connectivity index (χ4v) is 3.23. The molecule has 1 saturated carbocycles. The molecule has 0 unspecified atom stereocenters. The van der Waals surface area contributed by atoms with Gasteiger partial charge in [-0.15, -0.1) is 0 Å². The van der Waals surface area contributed by atoms with Crippen molar-refractivity contribution in [2.45, 2.75) is 32.2 Å². The highest BCUT2D eigenvalue weighted by molar-refractivity contribution is 6.33. The number of benzene rings is 1. The number of hydrogen-bond acceptors (Lipinski definition) is 2. The maximum atomic E-state index is 13.3. The molecule has 1 amide bonds. The van der Waals surface area contributed by atoms with E-state index in [9.17, 15) is 9.18 Å². The lowest BCUT2D eigenvalue weighted by Crippen LogP contribution is -2.38. The summed E-state index contributed by atoms with van der Waals surface area (Å²) in [5.41, 5.74) is 1.64. The van der Waals surface area contributed by atoms with Crippen LogP contribution in [0.5, 0.6) is 0 Å². The first-order valence-corrected chi connectivity index (χ1v) is 8.03. The third kappa shape index (κ3) is 3.11. The standard InChI is InChI=1S/C17H19ClFN3O/c1-10(2)22(16-5-4-12(19)6-15(16)18)17(23)14-7-13(14)11-8-20-21(3)9-11/h4-6,8-10,13-14H,7H2,1-3H3/t13-,14+/m0/s1. The molecule has 122 valence electrons. The second-order valence-electron chi connectivity index (χ2n) is 6.29. The normalized spacial score (nSPS) is 19.9. The lowest BCUT2D eigenvalue weighted by atomic mass is 10.1. The number of rotatable bonds is 4. The Kier molecular flexibility index (Phi) is 4.15. The topological polar surface area (TPSA) is 38.1 Å². The number of amides is 1.